The van der Waals surface area contributed by atoms with Crippen LogP contribution in [0, 0.1) is 0 Å². The highest BCUT2D eigenvalue weighted by atomic mass is 16.2. The Kier molecular flexibility index (Phi) is 4.58. The van der Waals surface area contributed by atoms with E-state index < -0.39 is 6.04 Å². The Balaban J connectivity index is 1.44. The Labute approximate surface area is 179 Å². The first-order chi connectivity index (χ1) is 15.0. The van der Waals surface area contributed by atoms with Gasteiger partial charge in [-0.3, -0.25) is 14.4 Å². The maximum atomic E-state index is 13.4. The third-order valence-electron chi connectivity index (χ3n) is 6.01. The molecule has 0 saturated carbocycles. The van der Waals surface area contributed by atoms with Gasteiger partial charge in [-0.1, -0.05) is 36.4 Å². The van der Waals surface area contributed by atoms with Crippen LogP contribution >= 0.6 is 0 Å². The summed E-state index contributed by atoms with van der Waals surface area (Å²) in [5.74, 6) is -0.605. The molecule has 1 unspecified atom stereocenters. The average molecular weight is 414 g/mol. The third kappa shape index (κ3) is 3.28. The predicted molar refractivity (Wildman–Crippen MR) is 117 cm³/mol. The number of carbonyl (C=O) groups is 3. The number of anilines is 1. The summed E-state index contributed by atoms with van der Waals surface area (Å²) in [6.45, 7) is 0.858. The number of carbonyl (C=O) groups excluding carboxylic acids is 3. The van der Waals surface area contributed by atoms with Crippen LogP contribution in [0.3, 0.4) is 0 Å². The lowest BCUT2D eigenvalue weighted by Gasteiger charge is -2.39. The summed E-state index contributed by atoms with van der Waals surface area (Å²) in [6.07, 6.45) is 1.81. The Morgan fingerprint density at radius 1 is 0.968 bits per heavy atom. The van der Waals surface area contributed by atoms with Crippen LogP contribution in [0.5, 0.6) is 0 Å². The van der Waals surface area contributed by atoms with Gasteiger partial charge in [-0.05, 0) is 35.4 Å². The lowest BCUT2D eigenvalue weighted by atomic mass is 10.0. The van der Waals surface area contributed by atoms with Crippen molar-refractivity contribution in [3.8, 4) is 11.1 Å². The number of fused-ring (bicyclic) bond motifs is 2. The molecule has 31 heavy (non-hydrogen) atoms. The van der Waals surface area contributed by atoms with E-state index in [4.69, 9.17) is 0 Å². The van der Waals surface area contributed by atoms with E-state index in [1.807, 2.05) is 61.8 Å². The second kappa shape index (κ2) is 7.43. The minimum atomic E-state index is -0.724. The zero-order valence-corrected chi connectivity index (χ0v) is 17.1. The summed E-state index contributed by atoms with van der Waals surface area (Å²) in [4.78, 5) is 42.5. The number of amides is 3. The van der Waals surface area contributed by atoms with Crippen LogP contribution in [0.2, 0.25) is 0 Å². The van der Waals surface area contributed by atoms with E-state index in [-0.39, 0.29) is 24.3 Å². The van der Waals surface area contributed by atoms with Crippen LogP contribution in [0.15, 0.2) is 66.9 Å². The lowest BCUT2D eigenvalue weighted by molar-refractivity contribution is -0.121. The van der Waals surface area contributed by atoms with E-state index in [0.29, 0.717) is 30.0 Å². The van der Waals surface area contributed by atoms with Crippen LogP contribution in [0.25, 0.3) is 11.1 Å². The highest BCUT2D eigenvalue weighted by Crippen LogP contribution is 2.30. The van der Waals surface area contributed by atoms with Gasteiger partial charge in [0.1, 0.15) is 11.7 Å². The fourth-order valence-electron chi connectivity index (χ4n) is 4.29. The van der Waals surface area contributed by atoms with Crippen LogP contribution in [0.1, 0.15) is 20.8 Å². The maximum absolute atomic E-state index is 13.4. The number of hydrogen-bond acceptors (Lipinski definition) is 3. The van der Waals surface area contributed by atoms with Gasteiger partial charge in [-0.15, -0.1) is 0 Å². The first kappa shape index (κ1) is 19.1. The fraction of sp³-hybridized carbons (Fsp3) is 0.208. The molecule has 1 atom stereocenters. The van der Waals surface area contributed by atoms with Crippen molar-refractivity contribution in [1.29, 1.82) is 0 Å². The second-order valence-electron chi connectivity index (χ2n) is 7.89. The van der Waals surface area contributed by atoms with Gasteiger partial charge in [0, 0.05) is 26.3 Å². The SMILES string of the molecule is Cn1cccc1C(=O)N1CCN2C(=O)c3cc(-c4ccccc4)ccc3NC(=O)C2C1. The first-order valence-corrected chi connectivity index (χ1v) is 10.2. The monoisotopic (exact) mass is 414 g/mol. The molecule has 156 valence electrons. The van der Waals surface area contributed by atoms with Gasteiger partial charge in [-0.25, -0.2) is 0 Å². The summed E-state index contributed by atoms with van der Waals surface area (Å²) in [7, 11) is 1.81. The summed E-state index contributed by atoms with van der Waals surface area (Å²) < 4.78 is 1.76. The second-order valence-corrected chi connectivity index (χ2v) is 7.89. The number of aryl methyl sites for hydroxylation is 1. The largest absolute Gasteiger partial charge is 0.347 e. The molecule has 3 amide bonds. The molecule has 2 aliphatic rings. The summed E-state index contributed by atoms with van der Waals surface area (Å²) in [5, 5.41) is 2.89. The third-order valence-corrected chi connectivity index (χ3v) is 6.01. The van der Waals surface area contributed by atoms with Crippen LogP contribution in [-0.2, 0) is 11.8 Å². The smallest absolute Gasteiger partial charge is 0.270 e. The fourth-order valence-corrected chi connectivity index (χ4v) is 4.29. The van der Waals surface area contributed by atoms with Gasteiger partial charge >= 0.3 is 0 Å². The Morgan fingerprint density at radius 2 is 1.77 bits per heavy atom. The average Bonchev–Trinajstić information content (AvgIpc) is 3.20. The molecule has 3 heterocycles. The van der Waals surface area contributed by atoms with Gasteiger partial charge in [0.15, 0.2) is 0 Å². The number of hydrogen-bond donors (Lipinski definition) is 1. The topological polar surface area (TPSA) is 74.7 Å². The first-order valence-electron chi connectivity index (χ1n) is 10.2. The number of benzene rings is 2. The normalized spacial score (nSPS) is 18.2. The highest BCUT2D eigenvalue weighted by Gasteiger charge is 2.40. The Hall–Kier alpha value is -3.87. The van der Waals surface area contributed by atoms with Crippen molar-refractivity contribution in [1.82, 2.24) is 14.4 Å². The number of rotatable bonds is 2. The Morgan fingerprint density at radius 3 is 2.52 bits per heavy atom. The molecule has 0 radical (unpaired) electrons. The van der Waals surface area contributed by atoms with Crippen LogP contribution < -0.4 is 5.32 Å². The van der Waals surface area contributed by atoms with Crippen molar-refractivity contribution in [2.45, 2.75) is 6.04 Å². The summed E-state index contributed by atoms with van der Waals surface area (Å²) in [6, 6.07) is 18.2. The van der Waals surface area contributed by atoms with Gasteiger partial charge in [0.2, 0.25) is 5.91 Å². The van der Waals surface area contributed by atoms with Gasteiger partial charge in [-0.2, -0.15) is 0 Å². The van der Waals surface area contributed by atoms with Crippen LogP contribution in [-0.4, -0.2) is 57.8 Å². The maximum Gasteiger partial charge on any atom is 0.270 e. The van der Waals surface area contributed by atoms with Crippen molar-refractivity contribution in [3.05, 3.63) is 78.1 Å². The predicted octanol–water partition coefficient (Wildman–Crippen LogP) is 2.61. The molecule has 1 fully saturated rings. The molecule has 5 rings (SSSR count). The minimum Gasteiger partial charge on any atom is -0.347 e. The molecule has 7 nitrogen and oxygen atoms in total. The van der Waals surface area contributed by atoms with E-state index in [1.165, 1.54) is 0 Å². The zero-order valence-electron chi connectivity index (χ0n) is 17.1. The summed E-state index contributed by atoms with van der Waals surface area (Å²) in [5.41, 5.74) is 3.45. The zero-order chi connectivity index (χ0) is 21.5. The molecule has 7 heteroatoms. The molecule has 2 aliphatic heterocycles. The van der Waals surface area contributed by atoms with E-state index in [2.05, 4.69) is 5.32 Å². The standard InChI is InChI=1S/C24H22N4O3/c1-26-11-5-8-20(26)24(31)27-12-13-28-21(15-27)22(29)25-19-10-9-17(14-18(19)23(28)30)16-6-3-2-4-7-16/h2-11,14,21H,12-13,15H2,1H3,(H,25,29). The number of aromatic nitrogens is 1. The molecule has 2 aromatic carbocycles. The van der Waals surface area contributed by atoms with E-state index >= 15 is 0 Å². The van der Waals surface area contributed by atoms with Crippen molar-refractivity contribution >= 4 is 23.4 Å². The molecule has 1 saturated heterocycles. The quantitative estimate of drug-likeness (QED) is 0.701. The number of nitrogens with one attached hydrogen (secondary N) is 1. The highest BCUT2D eigenvalue weighted by molar-refractivity contribution is 6.11. The van der Waals surface area contributed by atoms with Crippen molar-refractivity contribution in [3.63, 3.8) is 0 Å². The molecular weight excluding hydrogens is 392 g/mol. The van der Waals surface area contributed by atoms with Gasteiger partial charge in [0.25, 0.3) is 11.8 Å². The molecule has 0 spiro atoms. The molecular formula is C24H22N4O3. The lowest BCUT2D eigenvalue weighted by Crippen LogP contribution is -2.59. The molecule has 1 aromatic heterocycles. The van der Waals surface area contributed by atoms with Gasteiger partial charge < -0.3 is 19.7 Å². The Bertz CT molecular complexity index is 1180. The van der Waals surface area contributed by atoms with E-state index in [0.717, 1.165) is 11.1 Å². The van der Waals surface area contributed by atoms with E-state index in [9.17, 15) is 14.4 Å². The van der Waals surface area contributed by atoms with Crippen LogP contribution in [0.4, 0.5) is 5.69 Å². The van der Waals surface area contributed by atoms with Crippen molar-refractivity contribution < 1.29 is 14.4 Å². The summed E-state index contributed by atoms with van der Waals surface area (Å²) >= 11 is 0. The number of piperazine rings is 1. The van der Waals surface area contributed by atoms with E-state index in [1.54, 1.807) is 26.5 Å². The van der Waals surface area contributed by atoms with Gasteiger partial charge in [0.05, 0.1) is 17.8 Å². The molecule has 0 bridgehead atoms. The minimum absolute atomic E-state index is 0.138. The molecule has 0 aliphatic carbocycles. The van der Waals surface area contributed by atoms with Crippen molar-refractivity contribution in [2.75, 3.05) is 25.0 Å². The molecule has 3 aromatic rings. The number of nitrogens with zero attached hydrogens (tertiary/aromatic N) is 3. The van der Waals surface area contributed by atoms with Crippen molar-refractivity contribution in [2.24, 2.45) is 7.05 Å². The molecule has 1 N–H and O–H groups in total.